The summed E-state index contributed by atoms with van der Waals surface area (Å²) in [6.45, 7) is 0.370. The summed E-state index contributed by atoms with van der Waals surface area (Å²) in [5.41, 5.74) is 1.81. The monoisotopic (exact) mass is 294 g/mol. The summed E-state index contributed by atoms with van der Waals surface area (Å²) in [5.74, 6) is 4.89. The van der Waals surface area contributed by atoms with Crippen LogP contribution in [0.2, 0.25) is 0 Å². The van der Waals surface area contributed by atoms with Gasteiger partial charge in [-0.25, -0.2) is 0 Å². The van der Waals surface area contributed by atoms with Gasteiger partial charge in [-0.2, -0.15) is 0 Å². The topological polar surface area (TPSA) is 120 Å². The van der Waals surface area contributed by atoms with Crippen LogP contribution in [0.4, 0.5) is 11.4 Å². The summed E-state index contributed by atoms with van der Waals surface area (Å²) in [7, 11) is 1.62. The van der Waals surface area contributed by atoms with Crippen LogP contribution in [0.1, 0.15) is 29.6 Å². The molecule has 0 unspecified atom stereocenters. The first kappa shape index (κ1) is 15.2. The Hall–Kier alpha value is -2.19. The zero-order chi connectivity index (χ0) is 15.5. The number of nitrogens with two attached hydrogens (primary N) is 1. The van der Waals surface area contributed by atoms with Gasteiger partial charge in [0.15, 0.2) is 0 Å². The van der Waals surface area contributed by atoms with Gasteiger partial charge >= 0.3 is 0 Å². The summed E-state index contributed by atoms with van der Waals surface area (Å²) in [6.07, 6.45) is 2.84. The molecule has 0 saturated heterocycles. The highest BCUT2D eigenvalue weighted by Crippen LogP contribution is 2.34. The minimum atomic E-state index is -0.589. The number of nitro groups is 1. The maximum absolute atomic E-state index is 12.2. The number of hydrogen-bond acceptors (Lipinski definition) is 6. The minimum Gasteiger partial charge on any atom is -0.376 e. The van der Waals surface area contributed by atoms with Gasteiger partial charge in [0.05, 0.1) is 16.1 Å². The number of para-hydroxylation sites is 1. The Kier molecular flexibility index (Phi) is 4.39. The van der Waals surface area contributed by atoms with E-state index in [-0.39, 0.29) is 22.5 Å². The second kappa shape index (κ2) is 6.06. The molecule has 0 aliphatic heterocycles. The molecule has 0 heterocycles. The first-order valence-electron chi connectivity index (χ1n) is 6.60. The molecule has 114 valence electrons. The van der Waals surface area contributed by atoms with Crippen LogP contribution in [0.25, 0.3) is 0 Å². The van der Waals surface area contributed by atoms with Gasteiger partial charge in [-0.1, -0.05) is 6.07 Å². The van der Waals surface area contributed by atoms with Gasteiger partial charge in [0.2, 0.25) is 0 Å². The molecule has 2 rings (SSSR count). The lowest BCUT2D eigenvalue weighted by molar-refractivity contribution is -0.384. The predicted molar refractivity (Wildman–Crippen MR) is 76.8 cm³/mol. The molecule has 1 aliphatic rings. The number of carbonyl (C=O) groups is 1. The van der Waals surface area contributed by atoms with E-state index < -0.39 is 10.8 Å². The van der Waals surface area contributed by atoms with Gasteiger partial charge in [-0.15, -0.1) is 0 Å². The number of amides is 1. The molecule has 0 aromatic heterocycles. The summed E-state index contributed by atoms with van der Waals surface area (Å²) >= 11 is 0. The molecule has 1 amide bonds. The van der Waals surface area contributed by atoms with E-state index in [0.717, 1.165) is 19.3 Å². The van der Waals surface area contributed by atoms with Crippen LogP contribution in [0.5, 0.6) is 0 Å². The van der Waals surface area contributed by atoms with Crippen molar-refractivity contribution in [3.63, 3.8) is 0 Å². The van der Waals surface area contributed by atoms with E-state index in [1.54, 1.807) is 7.11 Å². The first-order valence-corrected chi connectivity index (χ1v) is 6.60. The number of hydrogen-bond donors (Lipinski definition) is 3. The van der Waals surface area contributed by atoms with E-state index >= 15 is 0 Å². The maximum atomic E-state index is 12.2. The Morgan fingerprint density at radius 3 is 2.71 bits per heavy atom. The lowest BCUT2D eigenvalue weighted by atomic mass is 9.80. The molecule has 21 heavy (non-hydrogen) atoms. The van der Waals surface area contributed by atoms with E-state index in [9.17, 15) is 14.9 Å². The Labute approximate surface area is 121 Å². The SMILES string of the molecule is COC1(CNC(=O)c2cccc([N+](=O)[O-])c2NN)CCC1. The van der Waals surface area contributed by atoms with Crippen molar-refractivity contribution in [2.45, 2.75) is 24.9 Å². The fourth-order valence-electron chi connectivity index (χ4n) is 2.39. The highest BCUT2D eigenvalue weighted by molar-refractivity contribution is 6.01. The van der Waals surface area contributed by atoms with Crippen molar-refractivity contribution in [2.75, 3.05) is 19.1 Å². The second-order valence-electron chi connectivity index (χ2n) is 5.02. The average molecular weight is 294 g/mol. The summed E-state index contributed by atoms with van der Waals surface area (Å²) in [6, 6.07) is 4.22. The lowest BCUT2D eigenvalue weighted by Crippen LogP contribution is -2.49. The van der Waals surface area contributed by atoms with Crippen molar-refractivity contribution in [1.82, 2.24) is 5.32 Å². The van der Waals surface area contributed by atoms with E-state index in [1.807, 2.05) is 0 Å². The molecular weight excluding hydrogens is 276 g/mol. The minimum absolute atomic E-state index is 0.0000706. The zero-order valence-corrected chi connectivity index (χ0v) is 11.7. The Morgan fingerprint density at radius 2 is 2.24 bits per heavy atom. The van der Waals surface area contributed by atoms with Crippen molar-refractivity contribution < 1.29 is 14.5 Å². The number of nitrogens with zero attached hydrogens (tertiary/aromatic N) is 1. The normalized spacial score (nSPS) is 15.9. The molecule has 0 spiro atoms. The molecule has 0 bridgehead atoms. The molecule has 1 aromatic rings. The molecule has 1 aromatic carbocycles. The number of hydrazine groups is 1. The van der Waals surface area contributed by atoms with E-state index in [1.165, 1.54) is 18.2 Å². The fourth-order valence-corrected chi connectivity index (χ4v) is 2.39. The maximum Gasteiger partial charge on any atom is 0.294 e. The Bertz CT molecular complexity index is 552. The molecule has 1 saturated carbocycles. The number of methoxy groups -OCH3 is 1. The van der Waals surface area contributed by atoms with Crippen molar-refractivity contribution >= 4 is 17.3 Å². The number of anilines is 1. The Morgan fingerprint density at radius 1 is 1.52 bits per heavy atom. The van der Waals surface area contributed by atoms with Crippen LogP contribution < -0.4 is 16.6 Å². The molecule has 1 fully saturated rings. The summed E-state index contributed by atoms with van der Waals surface area (Å²) < 4.78 is 5.42. The van der Waals surface area contributed by atoms with Crippen molar-refractivity contribution in [3.05, 3.63) is 33.9 Å². The van der Waals surface area contributed by atoms with Crippen molar-refractivity contribution in [3.8, 4) is 0 Å². The standard InChI is InChI=1S/C13H18N4O4/c1-21-13(6-3-7-13)8-15-12(18)9-4-2-5-10(17(19)20)11(9)16-14/h2,4-5,16H,3,6-8,14H2,1H3,(H,15,18). The summed E-state index contributed by atoms with van der Waals surface area (Å²) in [5, 5.41) is 13.7. The molecular formula is C13H18N4O4. The Balaban J connectivity index is 2.15. The predicted octanol–water partition coefficient (Wildman–Crippen LogP) is 1.18. The van der Waals surface area contributed by atoms with Crippen molar-refractivity contribution in [1.29, 1.82) is 0 Å². The third-order valence-electron chi connectivity index (χ3n) is 3.90. The van der Waals surface area contributed by atoms with Gasteiger partial charge in [0.1, 0.15) is 5.69 Å². The lowest BCUT2D eigenvalue weighted by Gasteiger charge is -2.40. The first-order chi connectivity index (χ1) is 10.0. The molecule has 8 nitrogen and oxygen atoms in total. The summed E-state index contributed by atoms with van der Waals surface area (Å²) in [4.78, 5) is 22.6. The van der Waals surface area contributed by atoms with Gasteiger partial charge in [0, 0.05) is 19.7 Å². The number of nitro benzene ring substituents is 1. The number of benzene rings is 1. The highest BCUT2D eigenvalue weighted by atomic mass is 16.6. The van der Waals surface area contributed by atoms with Crippen LogP contribution in [0, 0.1) is 10.1 Å². The van der Waals surface area contributed by atoms with E-state index in [0.29, 0.717) is 6.54 Å². The number of nitrogens with one attached hydrogen (secondary N) is 2. The van der Waals surface area contributed by atoms with Crippen LogP contribution >= 0.6 is 0 Å². The van der Waals surface area contributed by atoms with Crippen LogP contribution in [-0.2, 0) is 4.74 Å². The number of rotatable bonds is 6. The van der Waals surface area contributed by atoms with Gasteiger partial charge in [-0.05, 0) is 25.3 Å². The third kappa shape index (κ3) is 2.96. The van der Waals surface area contributed by atoms with Gasteiger partial charge in [-0.3, -0.25) is 20.8 Å². The molecule has 1 aliphatic carbocycles. The average Bonchev–Trinajstić information content (AvgIpc) is 2.45. The largest absolute Gasteiger partial charge is 0.376 e. The smallest absolute Gasteiger partial charge is 0.294 e. The van der Waals surface area contributed by atoms with Gasteiger partial charge < -0.3 is 15.5 Å². The quantitative estimate of drug-likeness (QED) is 0.411. The number of carbonyl (C=O) groups excluding carboxylic acids is 1. The van der Waals surface area contributed by atoms with Crippen molar-refractivity contribution in [2.24, 2.45) is 5.84 Å². The van der Waals surface area contributed by atoms with Crippen LogP contribution in [0.15, 0.2) is 18.2 Å². The number of ether oxygens (including phenoxy) is 1. The second-order valence-corrected chi connectivity index (χ2v) is 5.02. The van der Waals surface area contributed by atoms with Crippen LogP contribution in [0.3, 0.4) is 0 Å². The molecule has 4 N–H and O–H groups in total. The zero-order valence-electron chi connectivity index (χ0n) is 11.7. The third-order valence-corrected chi connectivity index (χ3v) is 3.90. The van der Waals surface area contributed by atoms with Gasteiger partial charge in [0.25, 0.3) is 11.6 Å². The van der Waals surface area contributed by atoms with E-state index in [4.69, 9.17) is 10.6 Å². The number of nitrogen functional groups attached to an aromatic ring is 1. The van der Waals surface area contributed by atoms with Crippen LogP contribution in [-0.4, -0.2) is 30.1 Å². The highest BCUT2D eigenvalue weighted by Gasteiger charge is 2.37. The molecule has 8 heteroatoms. The molecule has 0 atom stereocenters. The fraction of sp³-hybridized carbons (Fsp3) is 0.462. The van der Waals surface area contributed by atoms with E-state index in [2.05, 4.69) is 10.7 Å². The molecule has 0 radical (unpaired) electrons.